The Hall–Kier alpha value is -3.00. The normalized spacial score (nSPS) is 20.7. The van der Waals surface area contributed by atoms with Crippen LogP contribution in [0.2, 0.25) is 0 Å². The van der Waals surface area contributed by atoms with Crippen molar-refractivity contribution in [2.45, 2.75) is 63.7 Å². The maximum Gasteiger partial charge on any atom is 0.490 e. The molecule has 2 aliphatic rings. The molecule has 33 heavy (non-hydrogen) atoms. The molecule has 0 bridgehead atoms. The Morgan fingerprint density at radius 1 is 1.03 bits per heavy atom. The van der Waals surface area contributed by atoms with Gasteiger partial charge in [-0.2, -0.15) is 31.5 Å². The SMILES string of the molecule is CC(C)(C)c1nc2c(c(N3CC[C@H](OC(=O)C(F)(F)F)[C@@H]3COC(=O)C(F)(F)F)n1)N=NC2. The minimum absolute atomic E-state index is 0.0629. The number of hydrogen-bond donors (Lipinski definition) is 0. The number of carbonyl (C=O) groups is 2. The second-order valence-electron chi connectivity index (χ2n) is 8.40. The quantitative estimate of drug-likeness (QED) is 0.477. The molecule has 0 amide bonds. The number of ether oxygens (including phenoxy) is 2. The van der Waals surface area contributed by atoms with Crippen LogP contribution in [0.25, 0.3) is 0 Å². The van der Waals surface area contributed by atoms with Crippen LogP contribution in [0.5, 0.6) is 0 Å². The van der Waals surface area contributed by atoms with E-state index < -0.39 is 48.5 Å². The Labute approximate surface area is 183 Å². The van der Waals surface area contributed by atoms with Gasteiger partial charge in [0.05, 0.1) is 5.69 Å². The van der Waals surface area contributed by atoms with E-state index in [4.69, 9.17) is 0 Å². The molecule has 15 heteroatoms. The van der Waals surface area contributed by atoms with E-state index in [1.807, 2.05) is 20.8 Å². The van der Waals surface area contributed by atoms with Crippen LogP contribution in [0.3, 0.4) is 0 Å². The van der Waals surface area contributed by atoms with E-state index in [1.54, 1.807) is 0 Å². The summed E-state index contributed by atoms with van der Waals surface area (Å²) in [6.07, 6.45) is -12.3. The first-order valence-corrected chi connectivity index (χ1v) is 9.66. The molecular weight excluding hydrogens is 464 g/mol. The first-order valence-electron chi connectivity index (χ1n) is 9.66. The van der Waals surface area contributed by atoms with Crippen LogP contribution in [0.1, 0.15) is 38.7 Å². The molecule has 0 saturated carbocycles. The fraction of sp³-hybridized carbons (Fsp3) is 0.667. The number of carbonyl (C=O) groups excluding carboxylic acids is 2. The van der Waals surface area contributed by atoms with E-state index in [2.05, 4.69) is 29.7 Å². The van der Waals surface area contributed by atoms with Crippen LogP contribution < -0.4 is 4.90 Å². The van der Waals surface area contributed by atoms with Crippen LogP contribution in [0.15, 0.2) is 10.2 Å². The highest BCUT2D eigenvalue weighted by atomic mass is 19.4. The monoisotopic (exact) mass is 483 g/mol. The molecule has 0 aliphatic carbocycles. The average molecular weight is 483 g/mol. The van der Waals surface area contributed by atoms with Gasteiger partial charge in [-0.05, 0) is 0 Å². The van der Waals surface area contributed by atoms with Crippen LogP contribution in [0, 0.1) is 0 Å². The number of halogens is 6. The van der Waals surface area contributed by atoms with Gasteiger partial charge in [-0.25, -0.2) is 19.6 Å². The van der Waals surface area contributed by atoms with Crippen molar-refractivity contribution in [2.75, 3.05) is 18.1 Å². The summed E-state index contributed by atoms with van der Waals surface area (Å²) >= 11 is 0. The van der Waals surface area contributed by atoms with Crippen LogP contribution in [-0.4, -0.2) is 59.6 Å². The molecule has 0 N–H and O–H groups in total. The molecule has 2 aliphatic heterocycles. The molecule has 1 fully saturated rings. The zero-order chi connectivity index (χ0) is 24.8. The maximum atomic E-state index is 12.7. The van der Waals surface area contributed by atoms with Gasteiger partial charge in [-0.15, -0.1) is 5.11 Å². The van der Waals surface area contributed by atoms with Crippen molar-refractivity contribution < 1.29 is 45.4 Å². The van der Waals surface area contributed by atoms with E-state index in [0.717, 1.165) is 0 Å². The summed E-state index contributed by atoms with van der Waals surface area (Å²) in [5.41, 5.74) is 0.0524. The summed E-state index contributed by atoms with van der Waals surface area (Å²) < 4.78 is 84.7. The van der Waals surface area contributed by atoms with E-state index in [9.17, 15) is 35.9 Å². The number of aromatic nitrogens is 2. The number of anilines is 1. The standard InChI is InChI=1S/C18H19F6N5O4/c1-16(2,3)13-26-8-6-25-28-11(8)12(27-13)29-5-4-10(33-15(31)18(22,23)24)9(29)7-32-14(30)17(19,20)21/h9-10H,4-7H2,1-3H3/t9-,10-/m0/s1. The highest BCUT2D eigenvalue weighted by Gasteiger charge is 2.48. The molecule has 0 aromatic carbocycles. The Morgan fingerprint density at radius 3 is 2.24 bits per heavy atom. The highest BCUT2D eigenvalue weighted by Crippen LogP contribution is 2.40. The Morgan fingerprint density at radius 2 is 1.67 bits per heavy atom. The van der Waals surface area contributed by atoms with Crippen LogP contribution in [0.4, 0.5) is 37.8 Å². The molecule has 2 atom stereocenters. The zero-order valence-corrected chi connectivity index (χ0v) is 17.6. The summed E-state index contributed by atoms with van der Waals surface area (Å²) in [5, 5.41) is 7.81. The molecular formula is C18H19F6N5O4. The molecule has 182 valence electrons. The van der Waals surface area contributed by atoms with E-state index >= 15 is 0 Å². The first-order chi connectivity index (χ1) is 15.1. The van der Waals surface area contributed by atoms with E-state index in [-0.39, 0.29) is 31.0 Å². The molecule has 3 rings (SSSR count). The van der Waals surface area contributed by atoms with Crippen LogP contribution >= 0.6 is 0 Å². The third kappa shape index (κ3) is 5.33. The number of rotatable bonds is 4. The lowest BCUT2D eigenvalue weighted by atomic mass is 9.95. The zero-order valence-electron chi connectivity index (χ0n) is 17.6. The van der Waals surface area contributed by atoms with Gasteiger partial charge in [0.25, 0.3) is 0 Å². The lowest BCUT2D eigenvalue weighted by Gasteiger charge is -2.30. The molecule has 1 saturated heterocycles. The highest BCUT2D eigenvalue weighted by molar-refractivity contribution is 5.77. The van der Waals surface area contributed by atoms with Crippen LogP contribution in [-0.2, 0) is 31.0 Å². The second-order valence-corrected chi connectivity index (χ2v) is 8.40. The maximum absolute atomic E-state index is 12.7. The Balaban J connectivity index is 1.97. The fourth-order valence-corrected chi connectivity index (χ4v) is 3.28. The molecule has 0 spiro atoms. The van der Waals surface area contributed by atoms with Gasteiger partial charge in [0.2, 0.25) is 0 Å². The van der Waals surface area contributed by atoms with Gasteiger partial charge < -0.3 is 14.4 Å². The molecule has 0 unspecified atom stereocenters. The number of nitrogens with zero attached hydrogens (tertiary/aromatic N) is 5. The fourth-order valence-electron chi connectivity index (χ4n) is 3.28. The summed E-state index contributed by atoms with van der Waals surface area (Å²) in [4.78, 5) is 32.7. The van der Waals surface area contributed by atoms with Gasteiger partial charge >= 0.3 is 24.3 Å². The minimum Gasteiger partial charge on any atom is -0.457 e. The number of azo groups is 1. The average Bonchev–Trinajstić information content (AvgIpc) is 3.29. The Bertz CT molecular complexity index is 973. The number of esters is 2. The van der Waals surface area contributed by atoms with Gasteiger partial charge in [0, 0.05) is 18.4 Å². The largest absolute Gasteiger partial charge is 0.490 e. The smallest absolute Gasteiger partial charge is 0.457 e. The van der Waals surface area contributed by atoms with Crippen molar-refractivity contribution in [1.82, 2.24) is 9.97 Å². The van der Waals surface area contributed by atoms with Crippen molar-refractivity contribution in [1.29, 1.82) is 0 Å². The number of alkyl halides is 6. The second kappa shape index (κ2) is 8.41. The lowest BCUT2D eigenvalue weighted by molar-refractivity contribution is -0.207. The predicted molar refractivity (Wildman–Crippen MR) is 97.7 cm³/mol. The third-order valence-corrected chi connectivity index (χ3v) is 4.86. The van der Waals surface area contributed by atoms with Crippen molar-refractivity contribution >= 4 is 23.4 Å². The van der Waals surface area contributed by atoms with Crippen molar-refractivity contribution in [2.24, 2.45) is 10.2 Å². The predicted octanol–water partition coefficient (Wildman–Crippen LogP) is 3.53. The first kappa shape index (κ1) is 24.6. The van der Waals surface area contributed by atoms with Gasteiger partial charge in [-0.1, -0.05) is 20.8 Å². The van der Waals surface area contributed by atoms with Gasteiger partial charge in [0.15, 0.2) is 11.5 Å². The lowest BCUT2D eigenvalue weighted by Crippen LogP contribution is -2.44. The molecule has 9 nitrogen and oxygen atoms in total. The topological polar surface area (TPSA) is 106 Å². The van der Waals surface area contributed by atoms with E-state index in [1.165, 1.54) is 4.90 Å². The minimum atomic E-state index is -5.32. The number of hydrogen-bond acceptors (Lipinski definition) is 9. The van der Waals surface area contributed by atoms with E-state index in [0.29, 0.717) is 11.5 Å². The summed E-state index contributed by atoms with van der Waals surface area (Å²) in [7, 11) is 0. The van der Waals surface area contributed by atoms with Crippen molar-refractivity contribution in [3.63, 3.8) is 0 Å². The molecule has 3 heterocycles. The van der Waals surface area contributed by atoms with Gasteiger partial charge in [-0.3, -0.25) is 0 Å². The van der Waals surface area contributed by atoms with Gasteiger partial charge in [0.1, 0.15) is 31.1 Å². The number of fused-ring (bicyclic) bond motifs is 1. The Kier molecular flexibility index (Phi) is 6.28. The molecule has 0 radical (unpaired) electrons. The van der Waals surface area contributed by atoms with Crippen molar-refractivity contribution in [3.05, 3.63) is 11.5 Å². The summed E-state index contributed by atoms with van der Waals surface area (Å²) in [6.45, 7) is 4.47. The summed E-state index contributed by atoms with van der Waals surface area (Å²) in [5.74, 6) is -4.61. The van der Waals surface area contributed by atoms with Crippen molar-refractivity contribution in [3.8, 4) is 0 Å². The summed E-state index contributed by atoms with van der Waals surface area (Å²) in [6, 6.07) is -1.38. The molecule has 1 aromatic heterocycles. The third-order valence-electron chi connectivity index (χ3n) is 4.86. The molecule has 1 aromatic rings.